The number of hydrogen-bond acceptors (Lipinski definition) is 3. The van der Waals surface area contributed by atoms with Crippen LogP contribution in [0.1, 0.15) is 11.1 Å². The van der Waals surface area contributed by atoms with E-state index in [1.54, 1.807) is 4.90 Å². The molecule has 4 heteroatoms. The van der Waals surface area contributed by atoms with Crippen molar-refractivity contribution in [1.29, 1.82) is 0 Å². The second-order valence-electron chi connectivity index (χ2n) is 6.34. The van der Waals surface area contributed by atoms with Crippen LogP contribution in [-0.4, -0.2) is 10.2 Å². The van der Waals surface area contributed by atoms with Crippen molar-refractivity contribution in [2.75, 3.05) is 4.90 Å². The van der Waals surface area contributed by atoms with Gasteiger partial charge in [-0.1, -0.05) is 90.7 Å². The molecule has 132 valence electrons. The SMILES string of the molecule is Cc1cccc(N2C(=O)/C(=C\c3ccc(-c4ccccc4)cc3)SC2=S)c1. The first-order chi connectivity index (χ1) is 13.1. The Hall–Kier alpha value is -2.69. The maximum Gasteiger partial charge on any atom is 0.270 e. The van der Waals surface area contributed by atoms with E-state index in [1.807, 2.05) is 67.6 Å². The van der Waals surface area contributed by atoms with Crippen LogP contribution in [0.3, 0.4) is 0 Å². The van der Waals surface area contributed by atoms with Crippen LogP contribution in [0.25, 0.3) is 17.2 Å². The van der Waals surface area contributed by atoms with Gasteiger partial charge in [0, 0.05) is 0 Å². The van der Waals surface area contributed by atoms with Crippen molar-refractivity contribution in [3.05, 3.63) is 94.9 Å². The first-order valence-corrected chi connectivity index (χ1v) is 9.84. The quantitative estimate of drug-likeness (QED) is 0.402. The molecule has 1 aliphatic heterocycles. The van der Waals surface area contributed by atoms with Gasteiger partial charge in [-0.15, -0.1) is 0 Å². The van der Waals surface area contributed by atoms with Gasteiger partial charge in [0.05, 0.1) is 10.6 Å². The Morgan fingerprint density at radius 3 is 2.30 bits per heavy atom. The smallest absolute Gasteiger partial charge is 0.268 e. The van der Waals surface area contributed by atoms with Gasteiger partial charge in [0.15, 0.2) is 4.32 Å². The van der Waals surface area contributed by atoms with E-state index in [2.05, 4.69) is 24.3 Å². The van der Waals surface area contributed by atoms with Crippen molar-refractivity contribution in [3.63, 3.8) is 0 Å². The normalized spacial score (nSPS) is 15.6. The molecule has 1 saturated heterocycles. The van der Waals surface area contributed by atoms with Crippen LogP contribution in [0.2, 0.25) is 0 Å². The maximum atomic E-state index is 12.9. The van der Waals surface area contributed by atoms with Gasteiger partial charge < -0.3 is 0 Å². The lowest BCUT2D eigenvalue weighted by atomic mass is 10.0. The Balaban J connectivity index is 1.59. The van der Waals surface area contributed by atoms with E-state index in [-0.39, 0.29) is 5.91 Å². The van der Waals surface area contributed by atoms with Gasteiger partial charge in [0.25, 0.3) is 5.91 Å². The van der Waals surface area contributed by atoms with Crippen molar-refractivity contribution >= 4 is 46.0 Å². The topological polar surface area (TPSA) is 20.3 Å². The van der Waals surface area contributed by atoms with Gasteiger partial charge in [-0.2, -0.15) is 0 Å². The fourth-order valence-electron chi connectivity index (χ4n) is 3.01. The molecule has 27 heavy (non-hydrogen) atoms. The summed E-state index contributed by atoms with van der Waals surface area (Å²) in [5.74, 6) is -0.0669. The summed E-state index contributed by atoms with van der Waals surface area (Å²) in [7, 11) is 0. The van der Waals surface area contributed by atoms with Crippen molar-refractivity contribution in [2.24, 2.45) is 0 Å². The zero-order valence-corrected chi connectivity index (χ0v) is 16.4. The highest BCUT2D eigenvalue weighted by Gasteiger charge is 2.33. The second kappa shape index (κ2) is 7.51. The number of thiocarbonyl (C=S) groups is 1. The van der Waals surface area contributed by atoms with E-state index in [0.717, 1.165) is 22.4 Å². The van der Waals surface area contributed by atoms with Gasteiger partial charge >= 0.3 is 0 Å². The number of rotatable bonds is 3. The fraction of sp³-hybridized carbons (Fsp3) is 0.0435. The van der Waals surface area contributed by atoms with Crippen molar-refractivity contribution in [1.82, 2.24) is 0 Å². The predicted octanol–water partition coefficient (Wildman–Crippen LogP) is 6.07. The molecule has 3 aromatic carbocycles. The molecule has 1 heterocycles. The van der Waals surface area contributed by atoms with E-state index < -0.39 is 0 Å². The second-order valence-corrected chi connectivity index (χ2v) is 8.02. The molecular weight excluding hydrogens is 370 g/mol. The molecule has 0 aromatic heterocycles. The molecule has 0 atom stereocenters. The summed E-state index contributed by atoms with van der Waals surface area (Å²) in [5.41, 5.74) is 5.23. The molecule has 0 saturated carbocycles. The largest absolute Gasteiger partial charge is 0.270 e. The number of nitrogens with zero attached hydrogens (tertiary/aromatic N) is 1. The van der Waals surface area contributed by atoms with E-state index in [0.29, 0.717) is 9.23 Å². The summed E-state index contributed by atoms with van der Waals surface area (Å²) in [5, 5.41) is 0. The lowest BCUT2D eigenvalue weighted by molar-refractivity contribution is -0.113. The lowest BCUT2D eigenvalue weighted by Gasteiger charge is -2.14. The lowest BCUT2D eigenvalue weighted by Crippen LogP contribution is -2.27. The van der Waals surface area contributed by atoms with Gasteiger partial charge in [-0.05, 0) is 47.4 Å². The maximum absolute atomic E-state index is 12.9. The molecule has 0 spiro atoms. The van der Waals surface area contributed by atoms with Crippen molar-refractivity contribution in [2.45, 2.75) is 6.92 Å². The molecule has 1 aliphatic rings. The van der Waals surface area contributed by atoms with Crippen LogP contribution in [0.4, 0.5) is 5.69 Å². The van der Waals surface area contributed by atoms with Crippen LogP contribution >= 0.6 is 24.0 Å². The van der Waals surface area contributed by atoms with E-state index in [9.17, 15) is 4.79 Å². The van der Waals surface area contributed by atoms with E-state index >= 15 is 0 Å². The summed E-state index contributed by atoms with van der Waals surface area (Å²) in [6, 6.07) is 26.3. The molecule has 0 radical (unpaired) electrons. The Morgan fingerprint density at radius 1 is 0.889 bits per heavy atom. The van der Waals surface area contributed by atoms with Crippen LogP contribution < -0.4 is 4.90 Å². The highest BCUT2D eigenvalue weighted by Crippen LogP contribution is 2.36. The molecule has 2 nitrogen and oxygen atoms in total. The van der Waals surface area contributed by atoms with Crippen molar-refractivity contribution < 1.29 is 4.79 Å². The Morgan fingerprint density at radius 2 is 1.59 bits per heavy atom. The summed E-state index contributed by atoms with van der Waals surface area (Å²) >= 11 is 6.79. The van der Waals surface area contributed by atoms with E-state index in [4.69, 9.17) is 12.2 Å². The average Bonchev–Trinajstić information content (AvgIpc) is 2.96. The van der Waals surface area contributed by atoms with Gasteiger partial charge in [-0.3, -0.25) is 9.69 Å². The molecule has 0 unspecified atom stereocenters. The number of carbonyl (C=O) groups is 1. The average molecular weight is 388 g/mol. The summed E-state index contributed by atoms with van der Waals surface area (Å²) in [6.07, 6.45) is 1.91. The highest BCUT2D eigenvalue weighted by atomic mass is 32.2. The Kier molecular flexibility index (Phi) is 4.92. The first kappa shape index (κ1) is 17.7. The predicted molar refractivity (Wildman–Crippen MR) is 119 cm³/mol. The van der Waals surface area contributed by atoms with Crippen LogP contribution in [-0.2, 0) is 4.79 Å². The molecule has 0 bridgehead atoms. The minimum atomic E-state index is -0.0669. The number of benzene rings is 3. The fourth-order valence-corrected chi connectivity index (χ4v) is 4.31. The summed E-state index contributed by atoms with van der Waals surface area (Å²) in [6.45, 7) is 2.01. The molecular formula is C23H17NOS2. The standard InChI is InChI=1S/C23H17NOS2/c1-16-6-5-9-20(14-16)24-22(25)21(27-23(24)26)15-17-10-12-19(13-11-17)18-7-3-2-4-8-18/h2-15H,1H3/b21-15+. The molecule has 0 aliphatic carbocycles. The number of anilines is 1. The number of carbonyl (C=O) groups excluding carboxylic acids is 1. The Bertz CT molecular complexity index is 1040. The van der Waals surface area contributed by atoms with E-state index in [1.165, 1.54) is 17.3 Å². The monoisotopic (exact) mass is 387 g/mol. The van der Waals surface area contributed by atoms with Crippen molar-refractivity contribution in [3.8, 4) is 11.1 Å². The third-order valence-corrected chi connectivity index (χ3v) is 5.67. The molecule has 1 fully saturated rings. The minimum absolute atomic E-state index is 0.0669. The highest BCUT2D eigenvalue weighted by molar-refractivity contribution is 8.27. The number of hydrogen-bond donors (Lipinski definition) is 0. The zero-order valence-electron chi connectivity index (χ0n) is 14.8. The van der Waals surface area contributed by atoms with Gasteiger partial charge in [0.2, 0.25) is 0 Å². The third-order valence-electron chi connectivity index (χ3n) is 4.37. The molecule has 3 aromatic rings. The van der Waals surface area contributed by atoms with Gasteiger partial charge in [-0.25, -0.2) is 0 Å². The van der Waals surface area contributed by atoms with Crippen LogP contribution in [0.5, 0.6) is 0 Å². The zero-order chi connectivity index (χ0) is 18.8. The molecule has 1 amide bonds. The Labute approximate surface area is 168 Å². The minimum Gasteiger partial charge on any atom is -0.268 e. The molecule has 0 N–H and O–H groups in total. The first-order valence-electron chi connectivity index (χ1n) is 8.62. The van der Waals surface area contributed by atoms with Crippen LogP contribution in [0, 0.1) is 6.92 Å². The van der Waals surface area contributed by atoms with Crippen LogP contribution in [0.15, 0.2) is 83.8 Å². The number of amides is 1. The third kappa shape index (κ3) is 3.72. The summed E-state index contributed by atoms with van der Waals surface area (Å²) < 4.78 is 0.567. The molecule has 4 rings (SSSR count). The number of thioether (sulfide) groups is 1. The number of aryl methyl sites for hydroxylation is 1. The van der Waals surface area contributed by atoms with Gasteiger partial charge in [0.1, 0.15) is 0 Å². The summed E-state index contributed by atoms with van der Waals surface area (Å²) in [4.78, 5) is 15.1.